The molecule has 3 aliphatic rings. The molecule has 4 rings (SSSR count). The number of rotatable bonds is 2. The number of carbonyl (C=O) groups excluding carboxylic acids is 2. The van der Waals surface area contributed by atoms with Crippen molar-refractivity contribution < 1.29 is 14.3 Å². The van der Waals surface area contributed by atoms with Crippen molar-refractivity contribution in [2.75, 3.05) is 32.7 Å². The van der Waals surface area contributed by atoms with Gasteiger partial charge in [-0.1, -0.05) is 24.3 Å². The zero-order chi connectivity index (χ0) is 21.3. The molecule has 0 aromatic heterocycles. The molecule has 3 heterocycles. The second-order valence-electron chi connectivity index (χ2n) is 9.50. The van der Waals surface area contributed by atoms with E-state index in [0.717, 1.165) is 65.0 Å². The lowest BCUT2D eigenvalue weighted by atomic mass is 9.68. The first-order valence-electron chi connectivity index (χ1n) is 11.4. The topological polar surface area (TPSA) is 53.1 Å². The van der Waals surface area contributed by atoms with Crippen molar-refractivity contribution in [1.82, 2.24) is 14.7 Å². The van der Waals surface area contributed by atoms with Crippen molar-refractivity contribution in [3.63, 3.8) is 0 Å². The van der Waals surface area contributed by atoms with Gasteiger partial charge in [0.15, 0.2) is 0 Å². The van der Waals surface area contributed by atoms with Crippen molar-refractivity contribution in [1.29, 1.82) is 0 Å². The molecule has 1 spiro atoms. The maximum absolute atomic E-state index is 12.2. The lowest BCUT2D eigenvalue weighted by Crippen LogP contribution is -2.56. The summed E-state index contributed by atoms with van der Waals surface area (Å²) in [7, 11) is 0. The summed E-state index contributed by atoms with van der Waals surface area (Å²) in [5.41, 5.74) is 2.84. The van der Waals surface area contributed by atoms with Gasteiger partial charge in [-0.25, -0.2) is 4.79 Å². The molecule has 2 saturated heterocycles. The molecule has 30 heavy (non-hydrogen) atoms. The highest BCUT2D eigenvalue weighted by atomic mass is 16.6. The fraction of sp³-hybridized carbons (Fsp3) is 0.667. The summed E-state index contributed by atoms with van der Waals surface area (Å²) in [5, 5.41) is 0. The summed E-state index contributed by atoms with van der Waals surface area (Å²) in [6.45, 7) is 10.7. The normalized spacial score (nSPS) is 22.3. The first kappa shape index (κ1) is 21.2. The highest BCUT2D eigenvalue weighted by molar-refractivity contribution is 5.74. The van der Waals surface area contributed by atoms with Gasteiger partial charge >= 0.3 is 6.09 Å². The smallest absolute Gasteiger partial charge is 0.410 e. The van der Waals surface area contributed by atoms with Crippen molar-refractivity contribution in [2.24, 2.45) is 0 Å². The molecular formula is C24H35N3O3. The Hall–Kier alpha value is -2.08. The van der Waals surface area contributed by atoms with Gasteiger partial charge in [0.05, 0.1) is 6.10 Å². The first-order chi connectivity index (χ1) is 14.4. The minimum atomic E-state index is -0.177. The Morgan fingerprint density at radius 2 is 1.70 bits per heavy atom. The third-order valence-corrected chi connectivity index (χ3v) is 7.22. The second kappa shape index (κ2) is 8.58. The number of likely N-dealkylation sites (tertiary alicyclic amines) is 2. The second-order valence-corrected chi connectivity index (χ2v) is 9.50. The minimum absolute atomic E-state index is 0.0681. The Morgan fingerprint density at radius 1 is 1.03 bits per heavy atom. The zero-order valence-corrected chi connectivity index (χ0v) is 18.6. The molecule has 0 atom stereocenters. The van der Waals surface area contributed by atoms with Crippen LogP contribution in [-0.4, -0.2) is 71.6 Å². The van der Waals surface area contributed by atoms with E-state index in [1.165, 1.54) is 11.1 Å². The number of nitrogens with zero attached hydrogens (tertiary/aromatic N) is 3. The highest BCUT2D eigenvalue weighted by Gasteiger charge is 2.43. The molecule has 2 fully saturated rings. The van der Waals surface area contributed by atoms with E-state index in [-0.39, 0.29) is 23.5 Å². The molecule has 2 amide bonds. The van der Waals surface area contributed by atoms with Crippen LogP contribution in [0.4, 0.5) is 4.79 Å². The average molecular weight is 414 g/mol. The van der Waals surface area contributed by atoms with E-state index in [2.05, 4.69) is 29.2 Å². The number of ether oxygens (including phenoxy) is 1. The Labute approximate surface area is 180 Å². The van der Waals surface area contributed by atoms with Crippen LogP contribution in [-0.2, 0) is 21.5 Å². The van der Waals surface area contributed by atoms with Crippen molar-refractivity contribution >= 4 is 12.0 Å². The summed E-state index contributed by atoms with van der Waals surface area (Å²) in [4.78, 5) is 30.8. The maximum atomic E-state index is 12.2. The van der Waals surface area contributed by atoms with E-state index >= 15 is 0 Å². The van der Waals surface area contributed by atoms with E-state index in [1.54, 1.807) is 6.92 Å². The quantitative estimate of drug-likeness (QED) is 0.746. The van der Waals surface area contributed by atoms with Crippen LogP contribution in [0.1, 0.15) is 57.6 Å². The van der Waals surface area contributed by atoms with Crippen molar-refractivity contribution in [3.8, 4) is 0 Å². The Morgan fingerprint density at radius 3 is 2.33 bits per heavy atom. The molecule has 6 nitrogen and oxygen atoms in total. The van der Waals surface area contributed by atoms with Crippen LogP contribution < -0.4 is 0 Å². The van der Waals surface area contributed by atoms with Gasteiger partial charge in [0.2, 0.25) is 5.91 Å². The third kappa shape index (κ3) is 4.20. The molecule has 0 saturated carbocycles. The molecule has 6 heteroatoms. The molecule has 1 aromatic rings. The number of amides is 2. The van der Waals surface area contributed by atoms with Gasteiger partial charge in [-0.05, 0) is 63.7 Å². The van der Waals surface area contributed by atoms with Gasteiger partial charge in [0, 0.05) is 44.6 Å². The monoisotopic (exact) mass is 413 g/mol. The van der Waals surface area contributed by atoms with Gasteiger partial charge in [0.1, 0.15) is 0 Å². The fourth-order valence-corrected chi connectivity index (χ4v) is 5.54. The van der Waals surface area contributed by atoms with E-state index in [4.69, 9.17) is 4.74 Å². The first-order valence-corrected chi connectivity index (χ1v) is 11.4. The molecule has 0 aliphatic carbocycles. The molecular weight excluding hydrogens is 378 g/mol. The van der Waals surface area contributed by atoms with Gasteiger partial charge < -0.3 is 19.4 Å². The number of carbonyl (C=O) groups is 2. The van der Waals surface area contributed by atoms with Crippen LogP contribution in [0.2, 0.25) is 0 Å². The average Bonchev–Trinajstić information content (AvgIpc) is 2.74. The predicted octanol–water partition coefficient (Wildman–Crippen LogP) is 3.39. The van der Waals surface area contributed by atoms with Crippen LogP contribution in [0.25, 0.3) is 0 Å². The lowest BCUT2D eigenvalue weighted by molar-refractivity contribution is -0.131. The van der Waals surface area contributed by atoms with Crippen LogP contribution in [0.15, 0.2) is 24.3 Å². The van der Waals surface area contributed by atoms with Crippen molar-refractivity contribution in [2.45, 2.75) is 70.6 Å². The Balaban J connectivity index is 1.38. The van der Waals surface area contributed by atoms with Crippen molar-refractivity contribution in [3.05, 3.63) is 35.4 Å². The number of fused-ring (bicyclic) bond motifs is 2. The van der Waals surface area contributed by atoms with E-state index in [1.807, 2.05) is 23.6 Å². The zero-order valence-electron chi connectivity index (χ0n) is 18.6. The van der Waals surface area contributed by atoms with Crippen LogP contribution in [0.3, 0.4) is 0 Å². The summed E-state index contributed by atoms with van der Waals surface area (Å²) in [6, 6.07) is 9.23. The Bertz CT molecular complexity index is 778. The predicted molar refractivity (Wildman–Crippen MR) is 116 cm³/mol. The standard InChI is InChI=1S/C24H35N3O3/c1-18(2)30-23(29)26-12-8-21(9-13-26)25-14-10-24(11-15-25)17-27(19(3)28)16-20-6-4-5-7-22(20)24/h4-7,18,21H,8-17H2,1-3H3. The van der Waals surface area contributed by atoms with Gasteiger partial charge in [-0.15, -0.1) is 0 Å². The number of hydrogen-bond acceptors (Lipinski definition) is 4. The Kier molecular flexibility index (Phi) is 6.05. The highest BCUT2D eigenvalue weighted by Crippen LogP contribution is 2.42. The van der Waals surface area contributed by atoms with E-state index < -0.39 is 0 Å². The molecule has 1 aromatic carbocycles. The molecule has 164 valence electrons. The molecule has 0 unspecified atom stereocenters. The maximum Gasteiger partial charge on any atom is 0.410 e. The van der Waals surface area contributed by atoms with Crippen LogP contribution in [0, 0.1) is 0 Å². The number of benzene rings is 1. The largest absolute Gasteiger partial charge is 0.447 e. The summed E-state index contributed by atoms with van der Waals surface area (Å²) in [6.07, 6.45) is 3.95. The van der Waals surface area contributed by atoms with E-state index in [9.17, 15) is 9.59 Å². The number of piperidine rings is 2. The molecule has 0 N–H and O–H groups in total. The number of hydrogen-bond donors (Lipinski definition) is 0. The van der Waals surface area contributed by atoms with Gasteiger partial charge in [-0.3, -0.25) is 4.79 Å². The molecule has 0 radical (unpaired) electrons. The summed E-state index contributed by atoms with van der Waals surface area (Å²) >= 11 is 0. The van der Waals surface area contributed by atoms with E-state index in [0.29, 0.717) is 6.04 Å². The van der Waals surface area contributed by atoms with Gasteiger partial charge in [-0.2, -0.15) is 0 Å². The van der Waals surface area contributed by atoms with Crippen LogP contribution >= 0.6 is 0 Å². The lowest BCUT2D eigenvalue weighted by Gasteiger charge is -2.50. The SMILES string of the molecule is CC(=O)N1Cc2ccccc2C2(CCN(C3CCN(C(=O)OC(C)C)CC3)CC2)C1. The fourth-order valence-electron chi connectivity index (χ4n) is 5.54. The van der Waals surface area contributed by atoms with Gasteiger partial charge in [0.25, 0.3) is 0 Å². The van der Waals surface area contributed by atoms with Crippen LogP contribution in [0.5, 0.6) is 0 Å². The summed E-state index contributed by atoms with van der Waals surface area (Å²) < 4.78 is 5.35. The third-order valence-electron chi connectivity index (χ3n) is 7.22. The molecule has 3 aliphatic heterocycles. The minimum Gasteiger partial charge on any atom is -0.447 e. The summed E-state index contributed by atoms with van der Waals surface area (Å²) in [5.74, 6) is 0.173. The molecule has 0 bridgehead atoms.